The van der Waals surface area contributed by atoms with Crippen molar-refractivity contribution in [1.82, 2.24) is 20.2 Å². The molecular weight excluding hydrogens is 457 g/mol. The van der Waals surface area contributed by atoms with E-state index in [0.717, 1.165) is 51.9 Å². The summed E-state index contributed by atoms with van der Waals surface area (Å²) in [5.74, 6) is -0.743. The van der Waals surface area contributed by atoms with Gasteiger partial charge in [-0.2, -0.15) is 4.99 Å². The largest absolute Gasteiger partial charge is 0.415 e. The van der Waals surface area contributed by atoms with Crippen molar-refractivity contribution in [3.05, 3.63) is 34.5 Å². The summed E-state index contributed by atoms with van der Waals surface area (Å²) >= 11 is 1.27. The first-order valence-corrected chi connectivity index (χ1v) is 12.9. The highest BCUT2D eigenvalue weighted by atomic mass is 32.2. The first kappa shape index (κ1) is 23.3. The van der Waals surface area contributed by atoms with Crippen LogP contribution >= 0.6 is 11.8 Å². The molecule has 0 saturated carbocycles. The lowest BCUT2D eigenvalue weighted by Gasteiger charge is -2.36. The molecule has 4 aliphatic rings. The van der Waals surface area contributed by atoms with Gasteiger partial charge in [-0.15, -0.1) is 0 Å². The Hall–Kier alpha value is -2.43. The molecule has 4 aliphatic heterocycles. The number of thioether (sulfide) groups is 1. The number of ether oxygens (including phenoxy) is 1. The van der Waals surface area contributed by atoms with Crippen molar-refractivity contribution >= 4 is 35.0 Å². The fourth-order valence-electron chi connectivity index (χ4n) is 4.90. The zero-order chi connectivity index (χ0) is 23.5. The minimum absolute atomic E-state index is 0.108. The Morgan fingerprint density at radius 2 is 1.88 bits per heavy atom. The molecule has 5 rings (SSSR count). The number of aliphatic imine (C=N–C) groups is 1. The third-order valence-corrected chi connectivity index (χ3v) is 7.80. The number of nitrogens with one attached hydrogen (secondary N) is 1. The standard InChI is InChI=1S/C24H30FN5O3S/c25-18-6-5-17(15-21-22(31)27-23(34-21)30-12-2-1-9-26-30)20(16-18)33-24(32)29-13-7-19(8-14-29)28-10-3-4-11-28/h5-6,15-16,19,26H,1-4,7-14H2/b21-15-. The molecular formula is C24H30FN5O3S. The molecule has 34 heavy (non-hydrogen) atoms. The predicted octanol–water partition coefficient (Wildman–Crippen LogP) is 3.46. The Morgan fingerprint density at radius 1 is 1.12 bits per heavy atom. The van der Waals surface area contributed by atoms with E-state index < -0.39 is 11.9 Å². The van der Waals surface area contributed by atoms with Crippen LogP contribution in [0, 0.1) is 5.82 Å². The summed E-state index contributed by atoms with van der Waals surface area (Å²) in [6, 6.07) is 4.54. The lowest BCUT2D eigenvalue weighted by Crippen LogP contribution is -2.46. The van der Waals surface area contributed by atoms with Crippen LogP contribution in [-0.2, 0) is 4.79 Å². The van der Waals surface area contributed by atoms with Gasteiger partial charge in [0.25, 0.3) is 5.91 Å². The van der Waals surface area contributed by atoms with E-state index in [4.69, 9.17) is 4.74 Å². The van der Waals surface area contributed by atoms with Crippen LogP contribution in [0.15, 0.2) is 28.1 Å². The maximum Gasteiger partial charge on any atom is 0.415 e. The number of benzene rings is 1. The normalized spacial score (nSPS) is 23.6. The van der Waals surface area contributed by atoms with Crippen molar-refractivity contribution in [1.29, 1.82) is 0 Å². The highest BCUT2D eigenvalue weighted by molar-refractivity contribution is 8.18. The number of nitrogens with zero attached hydrogens (tertiary/aromatic N) is 4. The average Bonchev–Trinajstić information content (AvgIpc) is 3.52. The summed E-state index contributed by atoms with van der Waals surface area (Å²) in [7, 11) is 0. The van der Waals surface area contributed by atoms with Gasteiger partial charge in [-0.25, -0.2) is 14.6 Å². The van der Waals surface area contributed by atoms with E-state index in [9.17, 15) is 14.0 Å². The minimum atomic E-state index is -0.502. The zero-order valence-corrected chi connectivity index (χ0v) is 20.0. The number of rotatable bonds is 3. The molecule has 4 heterocycles. The third kappa shape index (κ3) is 5.29. The van der Waals surface area contributed by atoms with E-state index in [2.05, 4.69) is 15.3 Å². The smallest absolute Gasteiger partial charge is 0.409 e. The number of hydrogen-bond acceptors (Lipinski definition) is 7. The van der Waals surface area contributed by atoms with Crippen LogP contribution in [0.3, 0.4) is 0 Å². The summed E-state index contributed by atoms with van der Waals surface area (Å²) < 4.78 is 19.6. The predicted molar refractivity (Wildman–Crippen MR) is 130 cm³/mol. The van der Waals surface area contributed by atoms with Crippen molar-refractivity contribution in [3.63, 3.8) is 0 Å². The molecule has 10 heteroatoms. The van der Waals surface area contributed by atoms with Gasteiger partial charge in [0.2, 0.25) is 0 Å². The van der Waals surface area contributed by atoms with Gasteiger partial charge in [-0.3, -0.25) is 9.80 Å². The highest BCUT2D eigenvalue weighted by Crippen LogP contribution is 2.33. The minimum Gasteiger partial charge on any atom is -0.409 e. The monoisotopic (exact) mass is 487 g/mol. The topological polar surface area (TPSA) is 77.5 Å². The number of carbonyl (C=O) groups is 2. The third-order valence-electron chi connectivity index (χ3n) is 6.79. The molecule has 0 aromatic heterocycles. The van der Waals surface area contributed by atoms with Crippen LogP contribution in [0.25, 0.3) is 6.08 Å². The van der Waals surface area contributed by atoms with E-state index in [1.165, 1.54) is 42.8 Å². The van der Waals surface area contributed by atoms with Crippen LogP contribution in [0.1, 0.15) is 44.1 Å². The van der Waals surface area contributed by atoms with Crippen LogP contribution in [0.5, 0.6) is 5.75 Å². The fourth-order valence-corrected chi connectivity index (χ4v) is 5.81. The molecule has 8 nitrogen and oxygen atoms in total. The van der Waals surface area contributed by atoms with Crippen LogP contribution < -0.4 is 10.2 Å². The van der Waals surface area contributed by atoms with Crippen LogP contribution in [-0.4, -0.2) is 77.3 Å². The molecule has 0 atom stereocenters. The lowest BCUT2D eigenvalue weighted by atomic mass is 10.0. The number of hydrazine groups is 1. The zero-order valence-electron chi connectivity index (χ0n) is 19.2. The van der Waals surface area contributed by atoms with Gasteiger partial charge in [0.15, 0.2) is 5.17 Å². The second-order valence-electron chi connectivity index (χ2n) is 9.09. The molecule has 1 aromatic carbocycles. The Labute approximate surface area is 203 Å². The van der Waals surface area contributed by atoms with E-state index in [-0.39, 0.29) is 11.7 Å². The SMILES string of the molecule is O=C1N=C(N2CCCCN2)S/C1=C\c1ccc(F)cc1OC(=O)N1CCC(N2CCCC2)CC1. The quantitative estimate of drug-likeness (QED) is 0.655. The summed E-state index contributed by atoms with van der Waals surface area (Å²) in [5.41, 5.74) is 3.72. The van der Waals surface area contributed by atoms with Gasteiger partial charge in [0.05, 0.1) is 4.91 Å². The van der Waals surface area contributed by atoms with Crippen molar-refractivity contribution in [3.8, 4) is 5.75 Å². The number of piperidine rings is 1. The molecule has 1 aromatic rings. The van der Waals surface area contributed by atoms with Crippen molar-refractivity contribution < 1.29 is 18.7 Å². The van der Waals surface area contributed by atoms with Gasteiger partial charge in [-0.1, -0.05) is 0 Å². The summed E-state index contributed by atoms with van der Waals surface area (Å²) in [6.07, 6.45) is 7.61. The van der Waals surface area contributed by atoms with E-state index >= 15 is 0 Å². The summed E-state index contributed by atoms with van der Waals surface area (Å²) in [6.45, 7) is 5.18. The second kappa shape index (κ2) is 10.5. The Kier molecular flexibility index (Phi) is 7.17. The Balaban J connectivity index is 1.24. The van der Waals surface area contributed by atoms with Gasteiger partial charge in [0, 0.05) is 43.9 Å². The number of hydrogen-bond donors (Lipinski definition) is 1. The highest BCUT2D eigenvalue weighted by Gasteiger charge is 2.30. The number of amidine groups is 1. The molecule has 0 bridgehead atoms. The van der Waals surface area contributed by atoms with Gasteiger partial charge in [-0.05, 0) is 81.6 Å². The van der Waals surface area contributed by atoms with Gasteiger partial charge in [0.1, 0.15) is 11.6 Å². The molecule has 0 spiro atoms. The van der Waals surface area contributed by atoms with Crippen molar-refractivity contribution in [2.45, 2.75) is 44.6 Å². The molecule has 0 unspecified atom stereocenters. The van der Waals surface area contributed by atoms with E-state index in [1.807, 2.05) is 5.01 Å². The number of amides is 2. The first-order valence-electron chi connectivity index (χ1n) is 12.1. The summed E-state index contributed by atoms with van der Waals surface area (Å²) in [5, 5.41) is 2.50. The molecule has 182 valence electrons. The Bertz CT molecular complexity index is 996. The molecule has 3 fully saturated rings. The maximum absolute atomic E-state index is 14.0. The first-order chi connectivity index (χ1) is 16.6. The maximum atomic E-state index is 14.0. The van der Waals surface area contributed by atoms with Gasteiger partial charge >= 0.3 is 6.09 Å². The number of halogens is 1. The number of carbonyl (C=O) groups excluding carboxylic acids is 2. The van der Waals surface area contributed by atoms with Crippen molar-refractivity contribution in [2.75, 3.05) is 39.3 Å². The molecule has 0 radical (unpaired) electrons. The van der Waals surface area contributed by atoms with Crippen LogP contribution in [0.2, 0.25) is 0 Å². The fraction of sp³-hybridized carbons (Fsp3) is 0.542. The van der Waals surface area contributed by atoms with Crippen LogP contribution in [0.4, 0.5) is 9.18 Å². The second-order valence-corrected chi connectivity index (χ2v) is 10.1. The van der Waals surface area contributed by atoms with Crippen molar-refractivity contribution in [2.24, 2.45) is 4.99 Å². The van der Waals surface area contributed by atoms with Gasteiger partial charge < -0.3 is 14.5 Å². The Morgan fingerprint density at radius 3 is 2.62 bits per heavy atom. The average molecular weight is 488 g/mol. The van der Waals surface area contributed by atoms with E-state index in [1.54, 1.807) is 11.0 Å². The lowest BCUT2D eigenvalue weighted by molar-refractivity contribution is -0.113. The summed E-state index contributed by atoms with van der Waals surface area (Å²) in [4.78, 5) is 34.1. The molecule has 1 N–H and O–H groups in total. The number of likely N-dealkylation sites (tertiary alicyclic amines) is 2. The molecule has 0 aliphatic carbocycles. The van der Waals surface area contributed by atoms with E-state index in [0.29, 0.717) is 34.8 Å². The molecule has 3 saturated heterocycles. The molecule has 2 amide bonds.